The first kappa shape index (κ1) is 16.2. The van der Waals surface area contributed by atoms with Crippen molar-refractivity contribution in [1.29, 1.82) is 0 Å². The van der Waals surface area contributed by atoms with E-state index in [-0.39, 0.29) is 12.0 Å². The first-order valence-electron chi connectivity index (χ1n) is 8.57. The number of ether oxygens (including phenoxy) is 2. The molecule has 0 saturated carbocycles. The van der Waals surface area contributed by atoms with E-state index >= 15 is 0 Å². The zero-order valence-corrected chi connectivity index (χ0v) is 15.0. The lowest BCUT2D eigenvalue weighted by atomic mass is 9.85. The molecular formula is C20H22O5. The van der Waals surface area contributed by atoms with Crippen molar-refractivity contribution in [2.45, 2.75) is 52.4 Å². The number of hydrogen-bond acceptors (Lipinski definition) is 5. The van der Waals surface area contributed by atoms with E-state index in [1.807, 2.05) is 46.8 Å². The summed E-state index contributed by atoms with van der Waals surface area (Å²) in [5, 5.41) is 11.6. The lowest BCUT2D eigenvalue weighted by Gasteiger charge is -2.37. The summed E-state index contributed by atoms with van der Waals surface area (Å²) in [7, 11) is 0. The Morgan fingerprint density at radius 2 is 1.92 bits per heavy atom. The number of hydrogen-bond donors (Lipinski definition) is 1. The van der Waals surface area contributed by atoms with Crippen molar-refractivity contribution in [2.24, 2.45) is 5.92 Å². The summed E-state index contributed by atoms with van der Waals surface area (Å²) in [5.41, 5.74) is 1.51. The van der Waals surface area contributed by atoms with Crippen LogP contribution in [-0.2, 0) is 0 Å². The molecule has 132 valence electrons. The maximum absolute atomic E-state index is 12.0. The van der Waals surface area contributed by atoms with Crippen molar-refractivity contribution in [3.05, 3.63) is 39.3 Å². The molecule has 1 aromatic carbocycles. The normalized spacial score (nSPS) is 26.6. The zero-order valence-electron chi connectivity index (χ0n) is 15.0. The van der Waals surface area contributed by atoms with Crippen LogP contribution in [-0.4, -0.2) is 16.8 Å². The number of rotatable bonds is 0. The van der Waals surface area contributed by atoms with E-state index < -0.39 is 17.3 Å². The Kier molecular flexibility index (Phi) is 3.32. The van der Waals surface area contributed by atoms with Crippen molar-refractivity contribution >= 4 is 17.0 Å². The number of aliphatic hydroxyl groups is 1. The minimum absolute atomic E-state index is 0.121. The lowest BCUT2D eigenvalue weighted by molar-refractivity contribution is 0.0173. The topological polar surface area (TPSA) is 68.9 Å². The van der Waals surface area contributed by atoms with E-state index in [1.165, 1.54) is 6.07 Å². The van der Waals surface area contributed by atoms with Crippen LogP contribution in [0.4, 0.5) is 0 Å². The zero-order chi connectivity index (χ0) is 18.1. The molecule has 5 heteroatoms. The molecule has 3 heterocycles. The summed E-state index contributed by atoms with van der Waals surface area (Å²) < 4.78 is 17.9. The molecule has 0 fully saturated rings. The van der Waals surface area contributed by atoms with Gasteiger partial charge in [-0.25, -0.2) is 4.79 Å². The first-order chi connectivity index (χ1) is 11.7. The van der Waals surface area contributed by atoms with E-state index in [9.17, 15) is 9.90 Å². The molecule has 3 atom stereocenters. The summed E-state index contributed by atoms with van der Waals surface area (Å²) in [4.78, 5) is 12.0. The third kappa shape index (κ3) is 2.29. The van der Waals surface area contributed by atoms with Gasteiger partial charge in [-0.15, -0.1) is 0 Å². The molecule has 2 aromatic rings. The van der Waals surface area contributed by atoms with Crippen molar-refractivity contribution in [3.8, 4) is 11.5 Å². The quantitative estimate of drug-likeness (QED) is 0.739. The van der Waals surface area contributed by atoms with Crippen molar-refractivity contribution in [3.63, 3.8) is 0 Å². The third-order valence-electron chi connectivity index (χ3n) is 5.22. The molecule has 0 bridgehead atoms. The lowest BCUT2D eigenvalue weighted by Crippen LogP contribution is -2.34. The molecule has 1 N–H and O–H groups in total. The second-order valence-electron chi connectivity index (χ2n) is 7.60. The second kappa shape index (κ2) is 5.11. The van der Waals surface area contributed by atoms with Crippen LogP contribution < -0.4 is 15.1 Å². The van der Waals surface area contributed by atoms with Crippen LogP contribution in [0.2, 0.25) is 0 Å². The SMILES string of the molecule is Cc1cc(=O)oc2c3c(c4c(c12)OC(C)(C)C=C4)O[C@@H](C)[C@H](C)[C@@H]3O. The van der Waals surface area contributed by atoms with Crippen LogP contribution in [0, 0.1) is 12.8 Å². The van der Waals surface area contributed by atoms with Gasteiger partial charge in [0.2, 0.25) is 0 Å². The molecule has 0 saturated heterocycles. The smallest absolute Gasteiger partial charge is 0.336 e. The maximum Gasteiger partial charge on any atom is 0.336 e. The van der Waals surface area contributed by atoms with E-state index in [0.29, 0.717) is 22.6 Å². The highest BCUT2D eigenvalue weighted by atomic mass is 16.5. The van der Waals surface area contributed by atoms with Crippen molar-refractivity contribution in [1.82, 2.24) is 0 Å². The predicted molar refractivity (Wildman–Crippen MR) is 95.2 cm³/mol. The largest absolute Gasteiger partial charge is 0.489 e. The van der Waals surface area contributed by atoms with Crippen molar-refractivity contribution in [2.75, 3.05) is 0 Å². The molecule has 4 rings (SSSR count). The minimum atomic E-state index is -0.778. The standard InChI is InChI=1S/C20H22O5/c1-9-8-13(21)24-19-14(9)18-12(6-7-20(4,5)25-18)17-15(19)16(22)10(2)11(3)23-17/h6-8,10-11,16,22H,1-5H3/t10-,11-,16-/m0/s1. The summed E-state index contributed by atoms with van der Waals surface area (Å²) in [6.07, 6.45) is 2.99. The molecule has 0 amide bonds. The van der Waals surface area contributed by atoms with Crippen LogP contribution in [0.15, 0.2) is 21.4 Å². The van der Waals surface area contributed by atoms with Crippen molar-refractivity contribution < 1.29 is 19.0 Å². The van der Waals surface area contributed by atoms with Gasteiger partial charge >= 0.3 is 5.63 Å². The predicted octanol–water partition coefficient (Wildman–Crippen LogP) is 3.74. The molecule has 0 spiro atoms. The molecule has 5 nitrogen and oxygen atoms in total. The number of benzene rings is 1. The van der Waals surface area contributed by atoms with Gasteiger partial charge in [0, 0.05) is 12.0 Å². The fourth-order valence-electron chi connectivity index (χ4n) is 3.61. The van der Waals surface area contributed by atoms with Gasteiger partial charge in [0.25, 0.3) is 0 Å². The highest BCUT2D eigenvalue weighted by molar-refractivity contribution is 5.97. The Morgan fingerprint density at radius 3 is 2.64 bits per heavy atom. The Bertz CT molecular complexity index is 966. The van der Waals surface area contributed by atoms with Crippen LogP contribution in [0.5, 0.6) is 11.5 Å². The van der Waals surface area contributed by atoms with E-state index in [0.717, 1.165) is 16.5 Å². The number of aryl methyl sites for hydroxylation is 1. The second-order valence-corrected chi connectivity index (χ2v) is 7.60. The fraction of sp³-hybridized carbons (Fsp3) is 0.450. The summed E-state index contributed by atoms with van der Waals surface area (Å²) in [6.45, 7) is 9.63. The van der Waals surface area contributed by atoms with Gasteiger partial charge in [0.1, 0.15) is 23.2 Å². The molecule has 0 unspecified atom stereocenters. The Labute approximate surface area is 145 Å². The summed E-state index contributed by atoms with van der Waals surface area (Å²) in [6, 6.07) is 1.45. The van der Waals surface area contributed by atoms with E-state index in [2.05, 4.69) is 0 Å². The molecule has 2 aliphatic heterocycles. The third-order valence-corrected chi connectivity index (χ3v) is 5.22. The van der Waals surface area contributed by atoms with Gasteiger partial charge in [-0.2, -0.15) is 0 Å². The molecule has 0 aliphatic carbocycles. The fourth-order valence-corrected chi connectivity index (χ4v) is 3.61. The monoisotopic (exact) mass is 342 g/mol. The average molecular weight is 342 g/mol. The van der Waals surface area contributed by atoms with Crippen LogP contribution in [0.25, 0.3) is 17.0 Å². The van der Waals surface area contributed by atoms with Gasteiger partial charge in [-0.05, 0) is 45.4 Å². The molecule has 25 heavy (non-hydrogen) atoms. The van der Waals surface area contributed by atoms with Gasteiger partial charge < -0.3 is 19.0 Å². The number of fused-ring (bicyclic) bond motifs is 6. The van der Waals surface area contributed by atoms with E-state index in [4.69, 9.17) is 13.9 Å². The summed E-state index contributed by atoms with van der Waals surface area (Å²) >= 11 is 0. The van der Waals surface area contributed by atoms with Crippen LogP contribution in [0.1, 0.15) is 50.5 Å². The Balaban J connectivity index is 2.18. The van der Waals surface area contributed by atoms with Crippen LogP contribution >= 0.6 is 0 Å². The van der Waals surface area contributed by atoms with Gasteiger partial charge in [-0.3, -0.25) is 0 Å². The number of aliphatic hydroxyl groups excluding tert-OH is 1. The molecule has 1 aromatic heterocycles. The minimum Gasteiger partial charge on any atom is -0.489 e. The molecule has 2 aliphatic rings. The van der Waals surface area contributed by atoms with Gasteiger partial charge in [0.05, 0.1) is 22.6 Å². The molecular weight excluding hydrogens is 320 g/mol. The summed E-state index contributed by atoms with van der Waals surface area (Å²) in [5.74, 6) is 1.06. The maximum atomic E-state index is 12.0. The average Bonchev–Trinajstić information content (AvgIpc) is 2.50. The van der Waals surface area contributed by atoms with E-state index in [1.54, 1.807) is 0 Å². The highest BCUT2D eigenvalue weighted by Crippen LogP contribution is 2.51. The van der Waals surface area contributed by atoms with Gasteiger partial charge in [-0.1, -0.05) is 6.92 Å². The highest BCUT2D eigenvalue weighted by Gasteiger charge is 2.39. The van der Waals surface area contributed by atoms with Crippen LogP contribution in [0.3, 0.4) is 0 Å². The first-order valence-corrected chi connectivity index (χ1v) is 8.57. The van der Waals surface area contributed by atoms with Gasteiger partial charge in [0.15, 0.2) is 5.58 Å². The Hall–Kier alpha value is -2.27. The Morgan fingerprint density at radius 1 is 1.20 bits per heavy atom. The molecule has 0 radical (unpaired) electrons.